The summed E-state index contributed by atoms with van der Waals surface area (Å²) in [4.78, 5) is 31.5. The van der Waals surface area contributed by atoms with Crippen molar-refractivity contribution in [3.8, 4) is 22.5 Å². The van der Waals surface area contributed by atoms with Gasteiger partial charge in [0.15, 0.2) is 11.4 Å². The predicted molar refractivity (Wildman–Crippen MR) is 125 cm³/mol. The number of hydrogen-bond donors (Lipinski definition) is 0. The average Bonchev–Trinajstić information content (AvgIpc) is 3.39. The third-order valence-electron chi connectivity index (χ3n) is 5.65. The molecule has 1 aliphatic carbocycles. The number of carbonyl (C=O) groups excluding carboxylic acids is 2. The Morgan fingerprint density at radius 1 is 0.844 bits per heavy atom. The van der Waals surface area contributed by atoms with E-state index in [4.69, 9.17) is 5.10 Å². The van der Waals surface area contributed by atoms with E-state index in [1.54, 1.807) is 34.8 Å². The number of rotatable bonds is 3. The third kappa shape index (κ3) is 2.77. The Balaban J connectivity index is 1.65. The van der Waals surface area contributed by atoms with E-state index in [-0.39, 0.29) is 17.3 Å². The molecular weight excluding hydrogens is 466 g/mol. The van der Waals surface area contributed by atoms with Crippen LogP contribution >= 0.6 is 15.9 Å². The van der Waals surface area contributed by atoms with Crippen LogP contribution in [0.2, 0.25) is 0 Å². The fraction of sp³-hybridized carbons (Fsp3) is 0. The molecule has 6 heteroatoms. The summed E-state index contributed by atoms with van der Waals surface area (Å²) >= 11 is 3.39. The van der Waals surface area contributed by atoms with E-state index >= 15 is 0 Å². The molecule has 5 nitrogen and oxygen atoms in total. The lowest BCUT2D eigenvalue weighted by atomic mass is 10.0. The molecule has 0 atom stereocenters. The van der Waals surface area contributed by atoms with Gasteiger partial charge in [-0.05, 0) is 24.3 Å². The largest absolute Gasteiger partial charge is 0.288 e. The molecule has 0 saturated heterocycles. The highest BCUT2D eigenvalue weighted by Crippen LogP contribution is 2.39. The highest BCUT2D eigenvalue weighted by Gasteiger charge is 2.35. The van der Waals surface area contributed by atoms with Gasteiger partial charge in [0.25, 0.3) is 0 Å². The Kier molecular flexibility index (Phi) is 4.16. The molecule has 0 unspecified atom stereocenters. The first-order valence-corrected chi connectivity index (χ1v) is 10.8. The van der Waals surface area contributed by atoms with Crippen molar-refractivity contribution in [2.45, 2.75) is 0 Å². The average molecular weight is 480 g/mol. The minimum atomic E-state index is -0.292. The van der Waals surface area contributed by atoms with Gasteiger partial charge >= 0.3 is 0 Å². The lowest BCUT2D eigenvalue weighted by Gasteiger charge is -2.09. The van der Waals surface area contributed by atoms with Crippen molar-refractivity contribution in [2.75, 3.05) is 0 Å². The van der Waals surface area contributed by atoms with E-state index in [0.29, 0.717) is 28.0 Å². The fourth-order valence-corrected chi connectivity index (χ4v) is 4.41. The number of nitrogens with zero attached hydrogens (tertiary/aromatic N) is 3. The maximum atomic E-state index is 13.5. The van der Waals surface area contributed by atoms with Gasteiger partial charge in [-0.3, -0.25) is 9.59 Å². The second-order valence-corrected chi connectivity index (χ2v) is 8.48. The van der Waals surface area contributed by atoms with Crippen molar-refractivity contribution in [3.05, 3.63) is 112 Å². The summed E-state index contributed by atoms with van der Waals surface area (Å²) in [5.74, 6) is -0.498. The summed E-state index contributed by atoms with van der Waals surface area (Å²) in [5, 5.41) is 4.76. The molecule has 2 heterocycles. The lowest BCUT2D eigenvalue weighted by molar-refractivity contribution is 0.100. The Morgan fingerprint density at radius 2 is 1.53 bits per heavy atom. The zero-order valence-corrected chi connectivity index (χ0v) is 18.2. The summed E-state index contributed by atoms with van der Waals surface area (Å²) in [7, 11) is 0. The highest BCUT2D eigenvalue weighted by atomic mass is 79.9. The number of ketones is 2. The molecule has 0 saturated carbocycles. The lowest BCUT2D eigenvalue weighted by Crippen LogP contribution is -2.13. The van der Waals surface area contributed by atoms with Crippen molar-refractivity contribution in [1.29, 1.82) is 0 Å². The van der Waals surface area contributed by atoms with E-state index in [0.717, 1.165) is 21.3 Å². The van der Waals surface area contributed by atoms with Gasteiger partial charge in [-0.2, -0.15) is 5.10 Å². The maximum Gasteiger partial charge on any atom is 0.212 e. The van der Waals surface area contributed by atoms with Gasteiger partial charge in [0, 0.05) is 32.8 Å². The molecule has 0 amide bonds. The fourth-order valence-electron chi connectivity index (χ4n) is 4.14. The van der Waals surface area contributed by atoms with Crippen molar-refractivity contribution >= 4 is 33.1 Å². The number of halogens is 1. The van der Waals surface area contributed by atoms with Crippen LogP contribution in [0.3, 0.4) is 0 Å². The Hall–Kier alpha value is -3.90. The van der Waals surface area contributed by atoms with E-state index < -0.39 is 0 Å². The molecule has 0 N–H and O–H groups in total. The molecule has 0 radical (unpaired) electrons. The van der Waals surface area contributed by atoms with E-state index in [1.165, 1.54) is 0 Å². The molecule has 5 aromatic rings. The number of aromatic nitrogens is 3. The second kappa shape index (κ2) is 7.07. The van der Waals surface area contributed by atoms with E-state index in [9.17, 15) is 9.59 Å². The molecule has 0 spiro atoms. The molecule has 0 fully saturated rings. The molecule has 32 heavy (non-hydrogen) atoms. The van der Waals surface area contributed by atoms with Gasteiger partial charge in [-0.1, -0.05) is 70.5 Å². The highest BCUT2D eigenvalue weighted by molar-refractivity contribution is 9.10. The number of hydrogen-bond acceptors (Lipinski definition) is 4. The SMILES string of the molecule is O=C(c1ccc(Br)cc1)c1nc2cc(-c3ccccc3)nn2c2c1C(=O)c1ccccc1-2. The molecule has 1 aliphatic rings. The number of carbonyl (C=O) groups is 2. The summed E-state index contributed by atoms with van der Waals surface area (Å²) < 4.78 is 2.55. The van der Waals surface area contributed by atoms with Gasteiger partial charge in [0.1, 0.15) is 5.69 Å². The zero-order chi connectivity index (χ0) is 21.8. The van der Waals surface area contributed by atoms with E-state index in [2.05, 4.69) is 20.9 Å². The Bertz CT molecular complexity index is 1550. The minimum absolute atomic E-state index is 0.149. The first-order valence-electron chi connectivity index (χ1n) is 10.1. The van der Waals surface area contributed by atoms with Gasteiger partial charge < -0.3 is 0 Å². The normalized spacial score (nSPS) is 12.1. The van der Waals surface area contributed by atoms with Crippen LogP contribution in [0.4, 0.5) is 0 Å². The summed E-state index contributed by atoms with van der Waals surface area (Å²) in [5.41, 5.74) is 5.02. The van der Waals surface area contributed by atoms with Gasteiger partial charge in [0.05, 0.1) is 17.0 Å². The summed E-state index contributed by atoms with van der Waals surface area (Å²) in [6.45, 7) is 0. The second-order valence-electron chi connectivity index (χ2n) is 7.56. The van der Waals surface area contributed by atoms with Crippen molar-refractivity contribution in [1.82, 2.24) is 14.6 Å². The molecular formula is C26H14BrN3O2. The van der Waals surface area contributed by atoms with Crippen LogP contribution in [0, 0.1) is 0 Å². The van der Waals surface area contributed by atoms with Crippen LogP contribution in [-0.4, -0.2) is 26.2 Å². The molecule has 2 aromatic heterocycles. The quantitative estimate of drug-likeness (QED) is 0.310. The van der Waals surface area contributed by atoms with E-state index in [1.807, 2.05) is 54.6 Å². The Labute approximate surface area is 191 Å². The van der Waals surface area contributed by atoms with Crippen LogP contribution in [0.1, 0.15) is 32.0 Å². The molecule has 6 rings (SSSR count). The van der Waals surface area contributed by atoms with Crippen LogP contribution in [0.15, 0.2) is 89.4 Å². The van der Waals surface area contributed by atoms with Crippen molar-refractivity contribution in [2.24, 2.45) is 0 Å². The first kappa shape index (κ1) is 18.8. The topological polar surface area (TPSA) is 64.3 Å². The minimum Gasteiger partial charge on any atom is -0.288 e. The smallest absolute Gasteiger partial charge is 0.212 e. The van der Waals surface area contributed by atoms with Gasteiger partial charge in [0.2, 0.25) is 5.78 Å². The van der Waals surface area contributed by atoms with Crippen molar-refractivity contribution in [3.63, 3.8) is 0 Å². The number of benzene rings is 3. The van der Waals surface area contributed by atoms with Crippen LogP contribution < -0.4 is 0 Å². The van der Waals surface area contributed by atoms with Crippen LogP contribution in [-0.2, 0) is 0 Å². The molecule has 0 aliphatic heterocycles. The van der Waals surface area contributed by atoms with Crippen LogP contribution in [0.25, 0.3) is 28.2 Å². The monoisotopic (exact) mass is 479 g/mol. The maximum absolute atomic E-state index is 13.5. The molecule has 152 valence electrons. The predicted octanol–water partition coefficient (Wildman–Crippen LogP) is 5.60. The molecule has 3 aromatic carbocycles. The van der Waals surface area contributed by atoms with Gasteiger partial charge in [-0.15, -0.1) is 0 Å². The zero-order valence-electron chi connectivity index (χ0n) is 16.6. The summed E-state index contributed by atoms with van der Waals surface area (Å²) in [6, 6.07) is 26.0. The number of fused-ring (bicyclic) bond motifs is 5. The first-order chi connectivity index (χ1) is 15.6. The van der Waals surface area contributed by atoms with Crippen molar-refractivity contribution < 1.29 is 9.59 Å². The Morgan fingerprint density at radius 3 is 2.28 bits per heavy atom. The standard InChI is InChI=1S/C26H14BrN3O2/c27-17-12-10-16(11-13-17)25(31)23-22-24(18-8-4-5-9-19(18)26(22)32)30-21(28-23)14-20(29-30)15-6-2-1-3-7-15/h1-14H. The molecule has 0 bridgehead atoms. The van der Waals surface area contributed by atoms with Gasteiger partial charge in [-0.25, -0.2) is 9.50 Å². The summed E-state index contributed by atoms with van der Waals surface area (Å²) in [6.07, 6.45) is 0. The third-order valence-corrected chi connectivity index (χ3v) is 6.18. The van der Waals surface area contributed by atoms with Crippen LogP contribution in [0.5, 0.6) is 0 Å².